The topological polar surface area (TPSA) is 64.2 Å². The number of carbonyl (C=O) groups excluding carboxylic acids is 1. The van der Waals surface area contributed by atoms with Crippen molar-refractivity contribution >= 4 is 28.6 Å². The van der Waals surface area contributed by atoms with Crippen LogP contribution in [0.4, 0.5) is 0 Å². The first-order valence-corrected chi connectivity index (χ1v) is 7.04. The first kappa shape index (κ1) is 14.4. The molecule has 2 aromatic carbocycles. The molecule has 0 spiro atoms. The third-order valence-corrected chi connectivity index (χ3v) is 3.63. The number of aryl methyl sites for hydroxylation is 1. The molecule has 0 fully saturated rings. The van der Waals surface area contributed by atoms with Gasteiger partial charge in [-0.2, -0.15) is 0 Å². The van der Waals surface area contributed by atoms with E-state index < -0.39 is 5.76 Å². The van der Waals surface area contributed by atoms with Gasteiger partial charge in [0.05, 0.1) is 5.52 Å². The van der Waals surface area contributed by atoms with Gasteiger partial charge in [-0.05, 0) is 35.9 Å². The highest BCUT2D eigenvalue weighted by Crippen LogP contribution is 2.15. The quantitative estimate of drug-likeness (QED) is 0.808. The number of nitrogens with one attached hydrogen (secondary N) is 1. The Morgan fingerprint density at radius 2 is 2.09 bits per heavy atom. The molecule has 0 saturated heterocycles. The van der Waals surface area contributed by atoms with Crippen LogP contribution in [0.1, 0.15) is 15.9 Å². The predicted octanol–water partition coefficient (Wildman–Crippen LogP) is 2.71. The van der Waals surface area contributed by atoms with Gasteiger partial charge in [0.1, 0.15) is 0 Å². The second-order valence-corrected chi connectivity index (χ2v) is 5.36. The lowest BCUT2D eigenvalue weighted by molar-refractivity contribution is 0.0951. The van der Waals surface area contributed by atoms with Gasteiger partial charge in [-0.15, -0.1) is 0 Å². The average Bonchev–Trinajstić information content (AvgIpc) is 2.79. The van der Waals surface area contributed by atoms with Gasteiger partial charge >= 0.3 is 5.76 Å². The number of aromatic nitrogens is 1. The van der Waals surface area contributed by atoms with Crippen LogP contribution in [0.15, 0.2) is 51.7 Å². The molecule has 6 heteroatoms. The third kappa shape index (κ3) is 2.76. The monoisotopic (exact) mass is 316 g/mol. The number of nitrogens with zero attached hydrogens (tertiary/aromatic N) is 1. The summed E-state index contributed by atoms with van der Waals surface area (Å²) in [6, 6.07) is 12.1. The molecular formula is C16H13ClN2O3. The summed E-state index contributed by atoms with van der Waals surface area (Å²) in [7, 11) is 1.65. The van der Waals surface area contributed by atoms with Gasteiger partial charge in [0, 0.05) is 24.2 Å². The number of rotatable bonds is 3. The summed E-state index contributed by atoms with van der Waals surface area (Å²) in [5.74, 6) is -0.618. The van der Waals surface area contributed by atoms with Crippen molar-refractivity contribution in [2.24, 2.45) is 7.05 Å². The van der Waals surface area contributed by atoms with Crippen LogP contribution in [0, 0.1) is 0 Å². The van der Waals surface area contributed by atoms with Crippen LogP contribution in [0.25, 0.3) is 11.1 Å². The van der Waals surface area contributed by atoms with Crippen LogP contribution < -0.4 is 11.1 Å². The van der Waals surface area contributed by atoms with Crippen LogP contribution in [-0.2, 0) is 13.6 Å². The summed E-state index contributed by atoms with van der Waals surface area (Å²) in [5.41, 5.74) is 2.56. The van der Waals surface area contributed by atoms with Gasteiger partial charge in [-0.25, -0.2) is 4.79 Å². The van der Waals surface area contributed by atoms with Crippen molar-refractivity contribution in [3.8, 4) is 0 Å². The highest BCUT2D eigenvalue weighted by atomic mass is 35.5. The number of benzene rings is 2. The minimum atomic E-state index is -0.407. The Labute approximate surface area is 131 Å². The van der Waals surface area contributed by atoms with E-state index in [1.54, 1.807) is 43.4 Å². The maximum atomic E-state index is 12.0. The summed E-state index contributed by atoms with van der Waals surface area (Å²) < 4.78 is 6.56. The molecule has 3 rings (SSSR count). The van der Waals surface area contributed by atoms with E-state index in [0.717, 1.165) is 11.1 Å². The zero-order valence-corrected chi connectivity index (χ0v) is 12.6. The highest BCUT2D eigenvalue weighted by Gasteiger charge is 2.08. The lowest BCUT2D eigenvalue weighted by atomic mass is 10.2. The molecule has 0 atom stereocenters. The fourth-order valence-corrected chi connectivity index (χ4v) is 2.39. The molecule has 1 amide bonds. The molecule has 3 aromatic rings. The maximum absolute atomic E-state index is 12.0. The second kappa shape index (κ2) is 5.69. The first-order chi connectivity index (χ1) is 10.5. The molecule has 0 aliphatic carbocycles. The first-order valence-electron chi connectivity index (χ1n) is 6.67. The SMILES string of the molecule is Cn1c(=O)oc2cc(CNC(=O)c3cccc(Cl)c3)ccc21. The number of halogens is 1. The van der Waals surface area contributed by atoms with Crippen molar-refractivity contribution in [3.05, 3.63) is 69.2 Å². The predicted molar refractivity (Wildman–Crippen MR) is 84.1 cm³/mol. The average molecular weight is 317 g/mol. The number of oxazole rings is 1. The Bertz CT molecular complexity index is 911. The molecule has 0 aliphatic heterocycles. The molecule has 0 saturated carbocycles. The number of fused-ring (bicyclic) bond motifs is 1. The number of amides is 1. The van der Waals surface area contributed by atoms with Crippen molar-refractivity contribution in [1.29, 1.82) is 0 Å². The standard InChI is InChI=1S/C16H13ClN2O3/c1-19-13-6-5-10(7-14(13)22-16(19)21)9-18-15(20)11-3-2-4-12(17)8-11/h2-8H,9H2,1H3,(H,18,20). The van der Waals surface area contributed by atoms with E-state index in [9.17, 15) is 9.59 Å². The highest BCUT2D eigenvalue weighted by molar-refractivity contribution is 6.30. The van der Waals surface area contributed by atoms with Crippen molar-refractivity contribution in [1.82, 2.24) is 9.88 Å². The minimum absolute atomic E-state index is 0.211. The molecule has 0 aliphatic rings. The molecule has 1 aromatic heterocycles. The van der Waals surface area contributed by atoms with Gasteiger partial charge < -0.3 is 9.73 Å². The summed E-state index contributed by atoms with van der Waals surface area (Å²) >= 11 is 5.86. The van der Waals surface area contributed by atoms with E-state index in [1.807, 2.05) is 6.07 Å². The van der Waals surface area contributed by atoms with Crippen LogP contribution in [0.2, 0.25) is 5.02 Å². The molecular weight excluding hydrogens is 304 g/mol. The normalized spacial score (nSPS) is 10.8. The Morgan fingerprint density at radius 1 is 1.27 bits per heavy atom. The molecule has 0 unspecified atom stereocenters. The summed E-state index contributed by atoms with van der Waals surface area (Å²) in [4.78, 5) is 23.5. The second-order valence-electron chi connectivity index (χ2n) is 4.92. The molecule has 112 valence electrons. The number of hydrogen-bond acceptors (Lipinski definition) is 3. The van der Waals surface area contributed by atoms with Crippen molar-refractivity contribution in [3.63, 3.8) is 0 Å². The number of hydrogen-bond donors (Lipinski definition) is 1. The molecule has 0 bridgehead atoms. The Hall–Kier alpha value is -2.53. The van der Waals surface area contributed by atoms with Crippen LogP contribution >= 0.6 is 11.6 Å². The van der Waals surface area contributed by atoms with E-state index in [-0.39, 0.29) is 5.91 Å². The summed E-state index contributed by atoms with van der Waals surface area (Å²) in [5, 5.41) is 3.32. The lowest BCUT2D eigenvalue weighted by Gasteiger charge is -2.06. The van der Waals surface area contributed by atoms with Crippen molar-refractivity contribution in [2.45, 2.75) is 6.54 Å². The van der Waals surface area contributed by atoms with E-state index >= 15 is 0 Å². The Balaban J connectivity index is 1.76. The summed E-state index contributed by atoms with van der Waals surface area (Å²) in [6.45, 7) is 0.333. The maximum Gasteiger partial charge on any atom is 0.419 e. The van der Waals surface area contributed by atoms with Gasteiger partial charge in [0.15, 0.2) is 5.58 Å². The van der Waals surface area contributed by atoms with Crippen LogP contribution in [-0.4, -0.2) is 10.5 Å². The fourth-order valence-electron chi connectivity index (χ4n) is 2.20. The third-order valence-electron chi connectivity index (χ3n) is 3.40. The van der Waals surface area contributed by atoms with Crippen molar-refractivity contribution < 1.29 is 9.21 Å². The smallest absolute Gasteiger partial charge is 0.408 e. The lowest BCUT2D eigenvalue weighted by Crippen LogP contribution is -2.22. The van der Waals surface area contributed by atoms with E-state index in [0.29, 0.717) is 22.7 Å². The van der Waals surface area contributed by atoms with E-state index in [2.05, 4.69) is 5.32 Å². The molecule has 1 N–H and O–H groups in total. The zero-order valence-electron chi connectivity index (χ0n) is 11.8. The van der Waals surface area contributed by atoms with Gasteiger partial charge in [0.2, 0.25) is 0 Å². The number of carbonyl (C=O) groups is 1. The largest absolute Gasteiger partial charge is 0.419 e. The molecule has 1 heterocycles. The fraction of sp³-hybridized carbons (Fsp3) is 0.125. The summed E-state index contributed by atoms with van der Waals surface area (Å²) in [6.07, 6.45) is 0. The van der Waals surface area contributed by atoms with Crippen molar-refractivity contribution in [2.75, 3.05) is 0 Å². The van der Waals surface area contributed by atoms with Crippen LogP contribution in [0.5, 0.6) is 0 Å². The molecule has 22 heavy (non-hydrogen) atoms. The zero-order chi connectivity index (χ0) is 15.7. The molecule has 5 nitrogen and oxygen atoms in total. The van der Waals surface area contributed by atoms with E-state index in [1.165, 1.54) is 4.57 Å². The van der Waals surface area contributed by atoms with Gasteiger partial charge in [-0.3, -0.25) is 9.36 Å². The van der Waals surface area contributed by atoms with Gasteiger partial charge in [-0.1, -0.05) is 23.7 Å². The molecule has 0 radical (unpaired) electrons. The minimum Gasteiger partial charge on any atom is -0.408 e. The van der Waals surface area contributed by atoms with Gasteiger partial charge in [0.25, 0.3) is 5.91 Å². The van der Waals surface area contributed by atoms with E-state index in [4.69, 9.17) is 16.0 Å². The van der Waals surface area contributed by atoms with Crippen LogP contribution in [0.3, 0.4) is 0 Å². The Morgan fingerprint density at radius 3 is 2.86 bits per heavy atom. The Kier molecular flexibility index (Phi) is 3.73.